The minimum atomic E-state index is -2.90. The van der Waals surface area contributed by atoms with Crippen molar-refractivity contribution in [2.24, 2.45) is 0 Å². The van der Waals surface area contributed by atoms with Gasteiger partial charge in [0.2, 0.25) is 0 Å². The van der Waals surface area contributed by atoms with E-state index in [0.717, 1.165) is 22.6 Å². The molecule has 0 N–H and O–H groups in total. The molecule has 1 atom stereocenters. The van der Waals surface area contributed by atoms with Crippen molar-refractivity contribution in [1.29, 1.82) is 0 Å². The molecule has 68 valence electrons. The van der Waals surface area contributed by atoms with Crippen LogP contribution in [0.5, 0.6) is 0 Å². The molecule has 0 amide bonds. The van der Waals surface area contributed by atoms with E-state index in [9.17, 15) is 8.78 Å². The molecule has 11 heavy (non-hydrogen) atoms. The van der Waals surface area contributed by atoms with Gasteiger partial charge in [0.15, 0.2) is 5.72 Å². The molecule has 0 heterocycles. The van der Waals surface area contributed by atoms with Crippen LogP contribution in [0.2, 0.25) is 0 Å². The first-order valence-electron chi connectivity index (χ1n) is 3.05. The van der Waals surface area contributed by atoms with E-state index in [1.165, 1.54) is 18.9 Å². The lowest BCUT2D eigenvalue weighted by molar-refractivity contribution is -0.194. The van der Waals surface area contributed by atoms with Crippen molar-refractivity contribution >= 4 is 22.6 Å². The molecule has 0 aliphatic rings. The van der Waals surface area contributed by atoms with Crippen LogP contribution in [-0.4, -0.2) is 35.8 Å². The van der Waals surface area contributed by atoms with Crippen LogP contribution < -0.4 is 0 Å². The van der Waals surface area contributed by atoms with Gasteiger partial charge < -0.3 is 4.74 Å². The van der Waals surface area contributed by atoms with Crippen LogP contribution in [0, 0.1) is 0 Å². The summed E-state index contributed by atoms with van der Waals surface area (Å²) in [4.78, 5) is 1.35. The maximum Gasteiger partial charge on any atom is 0.337 e. The van der Waals surface area contributed by atoms with Gasteiger partial charge in [0.1, 0.15) is 0 Å². The van der Waals surface area contributed by atoms with Crippen LogP contribution >= 0.6 is 22.6 Å². The summed E-state index contributed by atoms with van der Waals surface area (Å²) in [7, 11) is 4.37. The average Bonchev–Trinajstić information content (AvgIpc) is 1.83. The molecule has 0 aromatic carbocycles. The lowest BCUT2D eigenvalue weighted by Gasteiger charge is -2.38. The van der Waals surface area contributed by atoms with Crippen LogP contribution in [0.25, 0.3) is 0 Å². The highest BCUT2D eigenvalue weighted by Gasteiger charge is 2.50. The lowest BCUT2D eigenvalue weighted by Crippen LogP contribution is -2.54. The van der Waals surface area contributed by atoms with Gasteiger partial charge in [0.25, 0.3) is 0 Å². The quantitative estimate of drug-likeness (QED) is 0.445. The molecular formula is C6H12F2INO. The van der Waals surface area contributed by atoms with Crippen LogP contribution in [0.4, 0.5) is 8.78 Å². The van der Waals surface area contributed by atoms with Crippen LogP contribution in [0.3, 0.4) is 0 Å². The van der Waals surface area contributed by atoms with Gasteiger partial charge in [-0.2, -0.15) is 8.78 Å². The predicted octanol–water partition coefficient (Wildman–Crippen LogP) is 1.94. The Labute approximate surface area is 79.0 Å². The normalized spacial score (nSPS) is 18.5. The second kappa shape index (κ2) is 3.49. The number of ether oxygens (including phenoxy) is 1. The topological polar surface area (TPSA) is 12.5 Å². The van der Waals surface area contributed by atoms with Gasteiger partial charge >= 0.3 is 3.93 Å². The van der Waals surface area contributed by atoms with Crippen LogP contribution in [0.1, 0.15) is 6.92 Å². The molecule has 0 radical (unpaired) electrons. The predicted molar refractivity (Wildman–Crippen MR) is 48.1 cm³/mol. The molecule has 0 aliphatic carbocycles. The van der Waals surface area contributed by atoms with Crippen molar-refractivity contribution in [1.82, 2.24) is 4.90 Å². The molecule has 0 aromatic heterocycles. The summed E-state index contributed by atoms with van der Waals surface area (Å²) >= 11 is 1.07. The van der Waals surface area contributed by atoms with E-state index in [0.29, 0.717) is 0 Å². The van der Waals surface area contributed by atoms with Crippen molar-refractivity contribution in [3.05, 3.63) is 0 Å². The third kappa shape index (κ3) is 2.22. The van der Waals surface area contributed by atoms with E-state index in [1.54, 1.807) is 14.1 Å². The maximum absolute atomic E-state index is 12.8. The van der Waals surface area contributed by atoms with Crippen LogP contribution in [-0.2, 0) is 4.74 Å². The summed E-state index contributed by atoms with van der Waals surface area (Å²) in [5, 5.41) is 0. The Morgan fingerprint density at radius 3 is 1.73 bits per heavy atom. The summed E-state index contributed by atoms with van der Waals surface area (Å²) in [6.07, 6.45) is 0. The van der Waals surface area contributed by atoms with Gasteiger partial charge in [0, 0.05) is 29.7 Å². The first kappa shape index (κ1) is 11.5. The number of halogens is 3. The number of hydrogen-bond acceptors (Lipinski definition) is 2. The molecule has 0 rings (SSSR count). The highest BCUT2D eigenvalue weighted by Crippen LogP contribution is 2.38. The Morgan fingerprint density at radius 2 is 1.73 bits per heavy atom. The molecule has 0 bridgehead atoms. The summed E-state index contributed by atoms with van der Waals surface area (Å²) in [5.74, 6) is 0. The third-order valence-electron chi connectivity index (χ3n) is 1.78. The van der Waals surface area contributed by atoms with Gasteiger partial charge in [-0.25, -0.2) is 0 Å². The van der Waals surface area contributed by atoms with Gasteiger partial charge in [0.05, 0.1) is 0 Å². The van der Waals surface area contributed by atoms with Crippen molar-refractivity contribution in [3.8, 4) is 0 Å². The Hall–Kier alpha value is 0.510. The van der Waals surface area contributed by atoms with E-state index in [-0.39, 0.29) is 0 Å². The molecule has 0 spiro atoms. The van der Waals surface area contributed by atoms with E-state index in [1.807, 2.05) is 0 Å². The van der Waals surface area contributed by atoms with Gasteiger partial charge in [-0.3, -0.25) is 4.90 Å². The van der Waals surface area contributed by atoms with Gasteiger partial charge in [-0.15, -0.1) is 0 Å². The highest BCUT2D eigenvalue weighted by atomic mass is 127. The highest BCUT2D eigenvalue weighted by molar-refractivity contribution is 14.1. The number of nitrogens with zero attached hydrogens (tertiary/aromatic N) is 1. The zero-order valence-electron chi connectivity index (χ0n) is 6.99. The molecule has 5 heteroatoms. The fraction of sp³-hybridized carbons (Fsp3) is 1.00. The summed E-state index contributed by atoms with van der Waals surface area (Å²) in [6, 6.07) is 0. The molecule has 0 saturated heterocycles. The molecule has 2 nitrogen and oxygen atoms in total. The fourth-order valence-corrected chi connectivity index (χ4v) is 1.25. The molecule has 0 saturated carbocycles. The minimum absolute atomic E-state index is 1.07. The lowest BCUT2D eigenvalue weighted by atomic mass is 10.2. The number of rotatable bonds is 3. The zero-order valence-corrected chi connectivity index (χ0v) is 9.15. The van der Waals surface area contributed by atoms with E-state index < -0.39 is 9.65 Å². The number of alkyl halides is 3. The standard InChI is InChI=1S/C6H12F2INO/c1-5(11-4,10(2)3)6(7,8)9/h1-4H3. The van der Waals surface area contributed by atoms with E-state index in [4.69, 9.17) is 4.74 Å². The van der Waals surface area contributed by atoms with Crippen molar-refractivity contribution in [2.75, 3.05) is 21.2 Å². The molecule has 0 aromatic rings. The smallest absolute Gasteiger partial charge is 0.337 e. The average molecular weight is 279 g/mol. The zero-order chi connectivity index (χ0) is 9.28. The van der Waals surface area contributed by atoms with E-state index >= 15 is 0 Å². The van der Waals surface area contributed by atoms with E-state index in [2.05, 4.69) is 0 Å². The van der Waals surface area contributed by atoms with Crippen molar-refractivity contribution in [3.63, 3.8) is 0 Å². The SMILES string of the molecule is COC(C)(N(C)C)C(F)(F)I. The van der Waals surface area contributed by atoms with Crippen molar-refractivity contribution in [2.45, 2.75) is 16.6 Å². The molecule has 0 aliphatic heterocycles. The van der Waals surface area contributed by atoms with Gasteiger partial charge in [-0.1, -0.05) is 0 Å². The largest absolute Gasteiger partial charge is 0.357 e. The number of hydrogen-bond donors (Lipinski definition) is 0. The Morgan fingerprint density at radius 1 is 1.36 bits per heavy atom. The summed E-state index contributed by atoms with van der Waals surface area (Å²) in [5.41, 5.74) is -1.53. The minimum Gasteiger partial charge on any atom is -0.357 e. The second-order valence-corrected chi connectivity index (χ2v) is 3.93. The molecule has 1 unspecified atom stereocenters. The Bertz CT molecular complexity index is 137. The number of methoxy groups -OCH3 is 1. The maximum atomic E-state index is 12.8. The monoisotopic (exact) mass is 279 g/mol. The summed E-state index contributed by atoms with van der Waals surface area (Å²) in [6.45, 7) is 1.35. The summed E-state index contributed by atoms with van der Waals surface area (Å²) < 4.78 is 27.5. The Balaban J connectivity index is 4.61. The fourth-order valence-electron chi connectivity index (χ4n) is 0.552. The second-order valence-electron chi connectivity index (χ2n) is 2.58. The first-order chi connectivity index (χ1) is 4.75. The molecule has 0 fully saturated rings. The first-order valence-corrected chi connectivity index (χ1v) is 4.13. The van der Waals surface area contributed by atoms with Crippen LogP contribution in [0.15, 0.2) is 0 Å². The van der Waals surface area contributed by atoms with Gasteiger partial charge in [-0.05, 0) is 21.0 Å². The Kier molecular flexibility index (Phi) is 3.65. The van der Waals surface area contributed by atoms with Crippen molar-refractivity contribution < 1.29 is 13.5 Å². The molecular weight excluding hydrogens is 267 g/mol. The third-order valence-corrected chi connectivity index (χ3v) is 2.78.